The van der Waals surface area contributed by atoms with Gasteiger partial charge in [-0.3, -0.25) is 0 Å². The van der Waals surface area contributed by atoms with Crippen molar-refractivity contribution in [3.63, 3.8) is 0 Å². The summed E-state index contributed by atoms with van der Waals surface area (Å²) in [6, 6.07) is 0.705. The summed E-state index contributed by atoms with van der Waals surface area (Å²) in [6.45, 7) is 6.97. The number of nitrogens with zero attached hydrogens (tertiary/aromatic N) is 1. The summed E-state index contributed by atoms with van der Waals surface area (Å²) < 4.78 is 0. The van der Waals surface area contributed by atoms with Crippen LogP contribution < -0.4 is 5.32 Å². The smallest absolute Gasteiger partial charge is 0.00387 e. The maximum absolute atomic E-state index is 3.60. The maximum Gasteiger partial charge on any atom is 0.00387 e. The van der Waals surface area contributed by atoms with Crippen LogP contribution in [0, 0.1) is 0 Å². The zero-order valence-corrected chi connectivity index (χ0v) is 11.2. The second-order valence-corrected chi connectivity index (χ2v) is 4.86. The highest BCUT2D eigenvalue weighted by atomic mass is 15.0. The van der Waals surface area contributed by atoms with E-state index < -0.39 is 0 Å². The molecule has 0 rings (SSSR count). The molecule has 0 aliphatic carbocycles. The second-order valence-electron chi connectivity index (χ2n) is 4.86. The Labute approximate surface area is 96.4 Å². The molecule has 0 aromatic carbocycles. The molecule has 2 nitrogen and oxygen atoms in total. The molecule has 1 N–H and O–H groups in total. The van der Waals surface area contributed by atoms with E-state index >= 15 is 0 Å². The molecule has 0 spiro atoms. The fourth-order valence-corrected chi connectivity index (χ4v) is 1.70. The van der Waals surface area contributed by atoms with Gasteiger partial charge in [-0.25, -0.2) is 0 Å². The number of hydrogen-bond donors (Lipinski definition) is 1. The van der Waals surface area contributed by atoms with Gasteiger partial charge in [0.05, 0.1) is 0 Å². The minimum absolute atomic E-state index is 0.705. The summed E-state index contributed by atoms with van der Waals surface area (Å²) in [4.78, 5) is 2.25. The van der Waals surface area contributed by atoms with Crippen LogP contribution in [0.3, 0.4) is 0 Å². The largest absolute Gasteiger partial charge is 0.314 e. The normalized spacial score (nSPS) is 13.4. The standard InChI is InChI=1S/C13H30N2/c1-5-6-7-10-13(2)14-11-8-9-12-15(3)4/h13-14H,5-12H2,1-4H3. The van der Waals surface area contributed by atoms with E-state index in [1.165, 1.54) is 51.6 Å². The van der Waals surface area contributed by atoms with Crippen molar-refractivity contribution in [3.05, 3.63) is 0 Å². The lowest BCUT2D eigenvalue weighted by molar-refractivity contribution is 0.386. The van der Waals surface area contributed by atoms with E-state index in [4.69, 9.17) is 0 Å². The first kappa shape index (κ1) is 14.9. The predicted molar refractivity (Wildman–Crippen MR) is 69.4 cm³/mol. The van der Waals surface area contributed by atoms with Crippen molar-refractivity contribution in [3.8, 4) is 0 Å². The van der Waals surface area contributed by atoms with Crippen molar-refractivity contribution in [2.45, 2.75) is 58.4 Å². The van der Waals surface area contributed by atoms with Gasteiger partial charge in [-0.2, -0.15) is 0 Å². The van der Waals surface area contributed by atoms with Gasteiger partial charge in [-0.15, -0.1) is 0 Å². The van der Waals surface area contributed by atoms with E-state index in [2.05, 4.69) is 38.2 Å². The van der Waals surface area contributed by atoms with Crippen LogP contribution in [-0.2, 0) is 0 Å². The highest BCUT2D eigenvalue weighted by Crippen LogP contribution is 2.02. The molecule has 15 heavy (non-hydrogen) atoms. The number of nitrogens with one attached hydrogen (secondary N) is 1. The Bertz CT molecular complexity index is 124. The van der Waals surface area contributed by atoms with E-state index in [9.17, 15) is 0 Å². The van der Waals surface area contributed by atoms with E-state index in [0.29, 0.717) is 6.04 Å². The molecule has 0 radical (unpaired) electrons. The topological polar surface area (TPSA) is 15.3 Å². The lowest BCUT2D eigenvalue weighted by atomic mass is 10.1. The third-order valence-corrected chi connectivity index (χ3v) is 2.77. The summed E-state index contributed by atoms with van der Waals surface area (Å²) in [6.07, 6.45) is 8.03. The number of rotatable bonds is 10. The molecule has 1 unspecified atom stereocenters. The summed E-state index contributed by atoms with van der Waals surface area (Å²) in [5.41, 5.74) is 0. The van der Waals surface area contributed by atoms with Crippen molar-refractivity contribution < 1.29 is 0 Å². The van der Waals surface area contributed by atoms with Gasteiger partial charge in [0, 0.05) is 6.04 Å². The Morgan fingerprint density at radius 2 is 1.80 bits per heavy atom. The van der Waals surface area contributed by atoms with Gasteiger partial charge in [0.15, 0.2) is 0 Å². The molecule has 0 aliphatic rings. The number of hydrogen-bond acceptors (Lipinski definition) is 2. The van der Waals surface area contributed by atoms with E-state index in [0.717, 1.165) is 0 Å². The molecule has 0 aliphatic heterocycles. The predicted octanol–water partition coefficient (Wildman–Crippen LogP) is 2.89. The van der Waals surface area contributed by atoms with Crippen LogP contribution in [0.1, 0.15) is 52.4 Å². The third kappa shape index (κ3) is 11.8. The molecule has 2 heteroatoms. The van der Waals surface area contributed by atoms with Gasteiger partial charge < -0.3 is 10.2 Å². The Morgan fingerprint density at radius 1 is 1.07 bits per heavy atom. The van der Waals surface area contributed by atoms with Crippen LogP contribution in [0.25, 0.3) is 0 Å². The fraction of sp³-hybridized carbons (Fsp3) is 1.00. The SMILES string of the molecule is CCCCCC(C)NCCCCN(C)C. The average Bonchev–Trinajstić information content (AvgIpc) is 2.17. The molecule has 0 amide bonds. The van der Waals surface area contributed by atoms with Crippen LogP contribution in [0.2, 0.25) is 0 Å². The Hall–Kier alpha value is -0.0800. The van der Waals surface area contributed by atoms with Crippen molar-refractivity contribution in [1.29, 1.82) is 0 Å². The molecule has 0 saturated carbocycles. The fourth-order valence-electron chi connectivity index (χ4n) is 1.70. The van der Waals surface area contributed by atoms with Gasteiger partial charge in [0.25, 0.3) is 0 Å². The van der Waals surface area contributed by atoms with Crippen LogP contribution in [0.15, 0.2) is 0 Å². The summed E-state index contributed by atoms with van der Waals surface area (Å²) in [5, 5.41) is 3.60. The van der Waals surface area contributed by atoms with Gasteiger partial charge >= 0.3 is 0 Å². The van der Waals surface area contributed by atoms with Crippen molar-refractivity contribution >= 4 is 0 Å². The van der Waals surface area contributed by atoms with Crippen molar-refractivity contribution in [2.24, 2.45) is 0 Å². The Morgan fingerprint density at radius 3 is 2.40 bits per heavy atom. The van der Waals surface area contributed by atoms with Crippen molar-refractivity contribution in [2.75, 3.05) is 27.2 Å². The van der Waals surface area contributed by atoms with E-state index in [-0.39, 0.29) is 0 Å². The minimum atomic E-state index is 0.705. The minimum Gasteiger partial charge on any atom is -0.314 e. The zero-order valence-electron chi connectivity index (χ0n) is 11.2. The van der Waals surface area contributed by atoms with Gasteiger partial charge in [0.1, 0.15) is 0 Å². The summed E-state index contributed by atoms with van der Waals surface area (Å²) >= 11 is 0. The van der Waals surface area contributed by atoms with E-state index in [1.807, 2.05) is 0 Å². The molecular weight excluding hydrogens is 184 g/mol. The molecule has 0 bridgehead atoms. The Kier molecular flexibility index (Phi) is 10.4. The molecular formula is C13H30N2. The molecule has 0 heterocycles. The monoisotopic (exact) mass is 214 g/mol. The Balaban J connectivity index is 3.13. The van der Waals surface area contributed by atoms with Crippen LogP contribution >= 0.6 is 0 Å². The molecule has 92 valence electrons. The van der Waals surface area contributed by atoms with Crippen LogP contribution in [0.5, 0.6) is 0 Å². The van der Waals surface area contributed by atoms with Crippen LogP contribution in [-0.4, -0.2) is 38.1 Å². The van der Waals surface area contributed by atoms with Gasteiger partial charge in [-0.05, 0) is 53.4 Å². The molecule has 0 saturated heterocycles. The lowest BCUT2D eigenvalue weighted by Crippen LogP contribution is -2.27. The highest BCUT2D eigenvalue weighted by molar-refractivity contribution is 4.60. The lowest BCUT2D eigenvalue weighted by Gasteiger charge is -2.14. The quantitative estimate of drug-likeness (QED) is 0.563. The molecule has 0 aromatic rings. The van der Waals surface area contributed by atoms with Gasteiger partial charge in [-0.1, -0.05) is 26.2 Å². The van der Waals surface area contributed by atoms with E-state index in [1.54, 1.807) is 0 Å². The average molecular weight is 214 g/mol. The summed E-state index contributed by atoms with van der Waals surface area (Å²) in [7, 11) is 4.28. The van der Waals surface area contributed by atoms with Crippen LogP contribution in [0.4, 0.5) is 0 Å². The zero-order chi connectivity index (χ0) is 11.5. The van der Waals surface area contributed by atoms with Crippen molar-refractivity contribution in [1.82, 2.24) is 10.2 Å². The molecule has 0 fully saturated rings. The first-order valence-electron chi connectivity index (χ1n) is 6.55. The number of unbranched alkanes of at least 4 members (excludes halogenated alkanes) is 3. The maximum atomic E-state index is 3.60. The highest BCUT2D eigenvalue weighted by Gasteiger charge is 1.99. The van der Waals surface area contributed by atoms with Gasteiger partial charge in [0.2, 0.25) is 0 Å². The second kappa shape index (κ2) is 10.4. The summed E-state index contributed by atoms with van der Waals surface area (Å²) in [5.74, 6) is 0. The molecule has 1 atom stereocenters. The first-order valence-corrected chi connectivity index (χ1v) is 6.55. The third-order valence-electron chi connectivity index (χ3n) is 2.77. The molecule has 0 aromatic heterocycles. The first-order chi connectivity index (χ1) is 7.16.